The Kier molecular flexibility index (Phi) is 4.58. The lowest BCUT2D eigenvalue weighted by Gasteiger charge is -2.37. The van der Waals surface area contributed by atoms with Crippen LogP contribution in [0, 0.1) is 0 Å². The quantitative estimate of drug-likeness (QED) is 0.619. The number of benzene rings is 2. The molecular formula is C20H19ClN2O3S. The number of hydrogen-bond donors (Lipinski definition) is 3. The van der Waals surface area contributed by atoms with Crippen molar-refractivity contribution in [3.63, 3.8) is 0 Å². The van der Waals surface area contributed by atoms with Crippen LogP contribution in [0.25, 0.3) is 22.0 Å². The molecule has 1 saturated carbocycles. The number of hydrogen-bond acceptors (Lipinski definition) is 3. The molecular weight excluding hydrogens is 384 g/mol. The number of carbonyl (C=O) groups is 1. The van der Waals surface area contributed by atoms with Crippen LogP contribution in [0.4, 0.5) is 0 Å². The maximum atomic E-state index is 12.3. The zero-order valence-corrected chi connectivity index (χ0v) is 16.3. The second kappa shape index (κ2) is 6.78. The van der Waals surface area contributed by atoms with Gasteiger partial charge in [-0.2, -0.15) is 0 Å². The topological polar surface area (TPSA) is 82.2 Å². The van der Waals surface area contributed by atoms with Crippen molar-refractivity contribution in [1.29, 1.82) is 0 Å². The van der Waals surface area contributed by atoms with Gasteiger partial charge in [0.25, 0.3) is 5.91 Å². The van der Waals surface area contributed by atoms with Crippen molar-refractivity contribution in [3.05, 3.63) is 58.7 Å². The Labute approximate surface area is 164 Å². The summed E-state index contributed by atoms with van der Waals surface area (Å²) in [5.41, 5.74) is 3.06. The molecule has 27 heavy (non-hydrogen) atoms. The Morgan fingerprint density at radius 2 is 1.96 bits per heavy atom. The highest BCUT2D eigenvalue weighted by Crippen LogP contribution is 2.42. The molecule has 1 unspecified atom stereocenters. The number of H-pyrrole nitrogens is 1. The summed E-state index contributed by atoms with van der Waals surface area (Å²) in [7, 11) is -1.44. The van der Waals surface area contributed by atoms with Gasteiger partial charge in [-0.05, 0) is 42.5 Å². The van der Waals surface area contributed by atoms with Crippen molar-refractivity contribution in [2.24, 2.45) is 0 Å². The minimum Gasteiger partial charge on any atom is -0.385 e. The Bertz CT molecular complexity index is 1060. The molecule has 0 radical (unpaired) electrons. The molecule has 1 atom stereocenters. The third kappa shape index (κ3) is 3.29. The first-order valence-electron chi connectivity index (χ1n) is 8.66. The number of amides is 1. The third-order valence-electron chi connectivity index (χ3n) is 5.16. The minimum absolute atomic E-state index is 0.405. The second-order valence-electron chi connectivity index (χ2n) is 6.93. The van der Waals surface area contributed by atoms with E-state index in [4.69, 9.17) is 11.6 Å². The van der Waals surface area contributed by atoms with Crippen LogP contribution in [0.2, 0.25) is 5.02 Å². The Morgan fingerprint density at radius 3 is 2.56 bits per heavy atom. The second-order valence-corrected chi connectivity index (χ2v) is 8.45. The van der Waals surface area contributed by atoms with E-state index >= 15 is 0 Å². The summed E-state index contributed by atoms with van der Waals surface area (Å²) in [6.07, 6.45) is 5.62. The lowest BCUT2D eigenvalue weighted by Crippen LogP contribution is -2.33. The van der Waals surface area contributed by atoms with E-state index in [1.165, 1.54) is 6.26 Å². The molecule has 0 bridgehead atoms. The fourth-order valence-electron chi connectivity index (χ4n) is 3.50. The van der Waals surface area contributed by atoms with Crippen molar-refractivity contribution < 1.29 is 14.1 Å². The van der Waals surface area contributed by atoms with Crippen LogP contribution < -0.4 is 4.72 Å². The van der Waals surface area contributed by atoms with Crippen LogP contribution in [0.15, 0.2) is 42.6 Å². The van der Waals surface area contributed by atoms with Crippen LogP contribution in [0.1, 0.15) is 35.2 Å². The summed E-state index contributed by atoms with van der Waals surface area (Å²) >= 11 is 6.46. The first-order valence-corrected chi connectivity index (χ1v) is 10.6. The maximum absolute atomic E-state index is 12.3. The van der Waals surface area contributed by atoms with Gasteiger partial charge in [0.1, 0.15) is 11.0 Å². The molecule has 1 aliphatic rings. The number of carbonyl (C=O) groups excluding carboxylic acids is 1. The van der Waals surface area contributed by atoms with Crippen molar-refractivity contribution in [1.82, 2.24) is 9.71 Å². The summed E-state index contributed by atoms with van der Waals surface area (Å²) in [6, 6.07) is 11.4. The molecule has 1 aliphatic carbocycles. The smallest absolute Gasteiger partial charge is 0.265 e. The van der Waals surface area contributed by atoms with E-state index in [2.05, 4.69) is 9.71 Å². The zero-order chi connectivity index (χ0) is 19.2. The van der Waals surface area contributed by atoms with E-state index in [1.807, 2.05) is 30.3 Å². The summed E-state index contributed by atoms with van der Waals surface area (Å²) in [4.78, 5) is 15.3. The average Bonchev–Trinajstić information content (AvgIpc) is 3.01. The minimum atomic E-state index is -1.44. The summed E-state index contributed by atoms with van der Waals surface area (Å²) in [5, 5.41) is 11.7. The molecule has 0 aliphatic heterocycles. The molecule has 1 aromatic heterocycles. The zero-order valence-electron chi connectivity index (χ0n) is 14.7. The molecule has 3 aromatic rings. The van der Waals surface area contributed by atoms with Gasteiger partial charge in [-0.3, -0.25) is 9.52 Å². The number of aliphatic hydroxyl groups is 1. The van der Waals surface area contributed by atoms with Gasteiger partial charge in [0.15, 0.2) is 0 Å². The molecule has 4 rings (SSSR count). The lowest BCUT2D eigenvalue weighted by molar-refractivity contribution is -0.0387. The molecule has 0 spiro atoms. The monoisotopic (exact) mass is 402 g/mol. The summed E-state index contributed by atoms with van der Waals surface area (Å²) in [6.45, 7) is 0. The van der Waals surface area contributed by atoms with E-state index in [-0.39, 0.29) is 0 Å². The van der Waals surface area contributed by atoms with Gasteiger partial charge < -0.3 is 10.1 Å². The summed E-state index contributed by atoms with van der Waals surface area (Å²) < 4.78 is 13.7. The van der Waals surface area contributed by atoms with Crippen molar-refractivity contribution in [3.8, 4) is 11.1 Å². The first-order chi connectivity index (χ1) is 12.9. The number of aromatic nitrogens is 1. The lowest BCUT2D eigenvalue weighted by atomic mass is 9.75. The number of halogens is 1. The van der Waals surface area contributed by atoms with Gasteiger partial charge in [-0.1, -0.05) is 35.9 Å². The predicted molar refractivity (Wildman–Crippen MR) is 108 cm³/mol. The highest BCUT2D eigenvalue weighted by Gasteiger charge is 2.35. The Balaban J connectivity index is 1.74. The third-order valence-corrected chi connectivity index (χ3v) is 5.95. The molecule has 1 fully saturated rings. The number of rotatable bonds is 4. The average molecular weight is 403 g/mol. The summed E-state index contributed by atoms with van der Waals surface area (Å²) in [5.74, 6) is -0.405. The van der Waals surface area contributed by atoms with Gasteiger partial charge in [0.2, 0.25) is 0 Å². The van der Waals surface area contributed by atoms with Gasteiger partial charge in [0.05, 0.1) is 16.2 Å². The standard InChI is InChI=1S/C20H19ClN2O3S/c1-27(26)23-19(24)16-11-22-18-10-17(21)14(9-15(16)18)12-3-5-13(6-4-12)20(25)7-2-8-20/h3-6,9-11,22,25H,2,7-8H2,1H3,(H,23,24). The molecule has 7 heteroatoms. The van der Waals surface area contributed by atoms with E-state index in [9.17, 15) is 14.1 Å². The van der Waals surface area contributed by atoms with Crippen LogP contribution in [-0.4, -0.2) is 26.5 Å². The molecule has 1 amide bonds. The van der Waals surface area contributed by atoms with E-state index in [0.717, 1.165) is 41.5 Å². The first kappa shape index (κ1) is 18.2. The van der Waals surface area contributed by atoms with E-state index in [0.29, 0.717) is 16.0 Å². The highest BCUT2D eigenvalue weighted by atomic mass is 35.5. The SMILES string of the molecule is CS(=O)NC(=O)c1c[nH]c2cc(Cl)c(-c3ccc(C4(O)CCC4)cc3)cc12. The molecule has 0 saturated heterocycles. The maximum Gasteiger partial charge on any atom is 0.265 e. The van der Waals surface area contributed by atoms with Crippen LogP contribution in [0.3, 0.4) is 0 Å². The van der Waals surface area contributed by atoms with Crippen LogP contribution in [-0.2, 0) is 16.6 Å². The normalized spacial score (nSPS) is 16.7. The van der Waals surface area contributed by atoms with Gasteiger partial charge in [0, 0.05) is 28.9 Å². The molecule has 3 N–H and O–H groups in total. The largest absolute Gasteiger partial charge is 0.385 e. The van der Waals surface area contributed by atoms with Gasteiger partial charge in [-0.15, -0.1) is 0 Å². The number of aromatic amines is 1. The van der Waals surface area contributed by atoms with E-state index in [1.54, 1.807) is 12.3 Å². The van der Waals surface area contributed by atoms with E-state index < -0.39 is 22.5 Å². The van der Waals surface area contributed by atoms with Gasteiger partial charge >= 0.3 is 0 Å². The fourth-order valence-corrected chi connectivity index (χ4v) is 4.14. The van der Waals surface area contributed by atoms with Crippen molar-refractivity contribution >= 4 is 39.4 Å². The number of nitrogens with one attached hydrogen (secondary N) is 2. The van der Waals surface area contributed by atoms with Gasteiger partial charge in [-0.25, -0.2) is 4.21 Å². The molecule has 2 aromatic carbocycles. The number of fused-ring (bicyclic) bond motifs is 1. The van der Waals surface area contributed by atoms with Crippen molar-refractivity contribution in [2.75, 3.05) is 6.26 Å². The van der Waals surface area contributed by atoms with Crippen LogP contribution in [0.5, 0.6) is 0 Å². The highest BCUT2D eigenvalue weighted by molar-refractivity contribution is 7.82. The molecule has 1 heterocycles. The fraction of sp³-hybridized carbons (Fsp3) is 0.250. The predicted octanol–water partition coefficient (Wildman–Crippen LogP) is 3.88. The molecule has 140 valence electrons. The Morgan fingerprint density at radius 1 is 1.26 bits per heavy atom. The van der Waals surface area contributed by atoms with Crippen molar-refractivity contribution in [2.45, 2.75) is 24.9 Å². The Hall–Kier alpha value is -2.15. The molecule has 5 nitrogen and oxygen atoms in total. The van der Waals surface area contributed by atoms with Crippen LogP contribution >= 0.6 is 11.6 Å².